The Hall–Kier alpha value is -1.37. The second kappa shape index (κ2) is 10.4. The molecule has 0 amide bonds. The highest BCUT2D eigenvalue weighted by Crippen LogP contribution is 2.21. The average Bonchev–Trinajstić information content (AvgIpc) is 2.42. The quantitative estimate of drug-likeness (QED) is 0.273. The van der Waals surface area contributed by atoms with Gasteiger partial charge in [0.15, 0.2) is 0 Å². The van der Waals surface area contributed by atoms with Gasteiger partial charge in [-0.3, -0.25) is 4.99 Å². The molecule has 0 fully saturated rings. The molecule has 0 rings (SSSR count). The lowest BCUT2D eigenvalue weighted by Crippen LogP contribution is -2.13. The lowest BCUT2D eigenvalue weighted by molar-refractivity contribution is 0.443. The Bertz CT molecular complexity index is 396. The van der Waals surface area contributed by atoms with E-state index in [0.717, 1.165) is 24.1 Å². The van der Waals surface area contributed by atoms with Gasteiger partial charge in [0.1, 0.15) is 0 Å². The molecule has 0 aliphatic heterocycles. The SMILES string of the molecule is C=CCC(=C)/C=C(/C)N=C[C@@H](C/C(C)=C\C)C(C)CC. The Kier molecular flexibility index (Phi) is 9.71. The highest BCUT2D eigenvalue weighted by Gasteiger charge is 2.13. The van der Waals surface area contributed by atoms with Crippen molar-refractivity contribution in [2.45, 2.75) is 53.9 Å². The zero-order chi connectivity index (χ0) is 15.5. The molecular formula is C19H31N. The summed E-state index contributed by atoms with van der Waals surface area (Å²) in [5.74, 6) is 1.16. The summed E-state index contributed by atoms with van der Waals surface area (Å²) in [5.41, 5.74) is 3.50. The minimum absolute atomic E-state index is 0.507. The van der Waals surface area contributed by atoms with Crippen molar-refractivity contribution < 1.29 is 0 Å². The molecule has 0 N–H and O–H groups in total. The topological polar surface area (TPSA) is 12.4 Å². The van der Waals surface area contributed by atoms with Gasteiger partial charge in [0, 0.05) is 17.8 Å². The highest BCUT2D eigenvalue weighted by molar-refractivity contribution is 5.63. The van der Waals surface area contributed by atoms with Crippen molar-refractivity contribution >= 4 is 6.21 Å². The van der Waals surface area contributed by atoms with Crippen LogP contribution in [0.3, 0.4) is 0 Å². The van der Waals surface area contributed by atoms with Crippen molar-refractivity contribution in [3.8, 4) is 0 Å². The van der Waals surface area contributed by atoms with E-state index in [1.165, 1.54) is 12.0 Å². The van der Waals surface area contributed by atoms with E-state index in [0.29, 0.717) is 11.8 Å². The predicted octanol–water partition coefficient (Wildman–Crippen LogP) is 6.11. The van der Waals surface area contributed by atoms with E-state index in [1.807, 2.05) is 19.1 Å². The minimum Gasteiger partial charge on any atom is -0.266 e. The summed E-state index contributed by atoms with van der Waals surface area (Å²) in [7, 11) is 0. The van der Waals surface area contributed by atoms with E-state index in [4.69, 9.17) is 0 Å². The fourth-order valence-electron chi connectivity index (χ4n) is 1.98. The van der Waals surface area contributed by atoms with Crippen LogP contribution in [0.1, 0.15) is 53.9 Å². The number of nitrogens with zero attached hydrogens (tertiary/aromatic N) is 1. The molecule has 0 heterocycles. The zero-order valence-electron chi connectivity index (χ0n) is 13.9. The van der Waals surface area contributed by atoms with Gasteiger partial charge in [0.25, 0.3) is 0 Å². The molecule has 0 saturated heterocycles. The number of hydrogen-bond acceptors (Lipinski definition) is 1. The van der Waals surface area contributed by atoms with E-state index < -0.39 is 0 Å². The number of allylic oxidation sites excluding steroid dienone is 6. The van der Waals surface area contributed by atoms with Crippen molar-refractivity contribution in [2.24, 2.45) is 16.8 Å². The lowest BCUT2D eigenvalue weighted by Gasteiger charge is -2.19. The van der Waals surface area contributed by atoms with E-state index in [9.17, 15) is 0 Å². The van der Waals surface area contributed by atoms with Crippen molar-refractivity contribution in [3.63, 3.8) is 0 Å². The average molecular weight is 273 g/mol. The van der Waals surface area contributed by atoms with Gasteiger partial charge < -0.3 is 0 Å². The van der Waals surface area contributed by atoms with Gasteiger partial charge >= 0.3 is 0 Å². The first-order valence-corrected chi connectivity index (χ1v) is 7.57. The summed E-state index contributed by atoms with van der Waals surface area (Å²) < 4.78 is 0. The van der Waals surface area contributed by atoms with Crippen LogP contribution in [0.5, 0.6) is 0 Å². The maximum Gasteiger partial charge on any atom is 0.0371 e. The van der Waals surface area contributed by atoms with E-state index >= 15 is 0 Å². The predicted molar refractivity (Wildman–Crippen MR) is 93.2 cm³/mol. The molecule has 0 aromatic rings. The molecule has 1 unspecified atom stereocenters. The molecule has 0 radical (unpaired) electrons. The van der Waals surface area contributed by atoms with E-state index in [1.54, 1.807) is 0 Å². The van der Waals surface area contributed by atoms with Gasteiger partial charge in [-0.25, -0.2) is 0 Å². The Morgan fingerprint density at radius 3 is 2.45 bits per heavy atom. The molecule has 0 bridgehead atoms. The third-order valence-electron chi connectivity index (χ3n) is 3.71. The molecule has 0 aromatic heterocycles. The monoisotopic (exact) mass is 273 g/mol. The van der Waals surface area contributed by atoms with Gasteiger partial charge in [-0.15, -0.1) is 6.58 Å². The standard InChI is InChI=1S/C19H31N/c1-8-11-16(5)12-18(7)20-14-19(17(6)10-3)13-15(4)9-2/h8-9,12,14,17,19H,1,5,10-11,13H2,2-4,6-7H3/b15-9-,18-12-,20-14?/t17?,19-/m1/s1. The molecular weight excluding hydrogens is 242 g/mol. The molecule has 0 saturated carbocycles. The molecule has 0 aliphatic carbocycles. The second-order valence-corrected chi connectivity index (χ2v) is 5.60. The Labute approximate surface area is 125 Å². The van der Waals surface area contributed by atoms with Crippen LogP contribution in [0.15, 0.2) is 53.2 Å². The first kappa shape index (κ1) is 18.6. The van der Waals surface area contributed by atoms with Crippen LogP contribution < -0.4 is 0 Å². The van der Waals surface area contributed by atoms with Gasteiger partial charge in [0.2, 0.25) is 0 Å². The van der Waals surface area contributed by atoms with Gasteiger partial charge in [-0.1, -0.05) is 44.6 Å². The van der Waals surface area contributed by atoms with E-state index in [2.05, 4.69) is 58.1 Å². The summed E-state index contributed by atoms with van der Waals surface area (Å²) in [6.07, 6.45) is 11.3. The normalized spacial score (nSPS) is 16.2. The van der Waals surface area contributed by atoms with Crippen molar-refractivity contribution in [3.05, 3.63) is 48.2 Å². The molecule has 1 nitrogen and oxygen atoms in total. The molecule has 0 aromatic carbocycles. The number of rotatable bonds is 9. The third kappa shape index (κ3) is 7.93. The largest absolute Gasteiger partial charge is 0.266 e. The molecule has 0 aliphatic rings. The van der Waals surface area contributed by atoms with Crippen molar-refractivity contribution in [2.75, 3.05) is 0 Å². The van der Waals surface area contributed by atoms with Crippen LogP contribution in [-0.2, 0) is 0 Å². The lowest BCUT2D eigenvalue weighted by atomic mass is 9.87. The molecule has 2 atom stereocenters. The molecule has 0 spiro atoms. The Morgan fingerprint density at radius 2 is 1.95 bits per heavy atom. The smallest absolute Gasteiger partial charge is 0.0371 e. The van der Waals surface area contributed by atoms with Crippen LogP contribution in [0.25, 0.3) is 0 Å². The van der Waals surface area contributed by atoms with Crippen molar-refractivity contribution in [1.29, 1.82) is 0 Å². The highest BCUT2D eigenvalue weighted by atomic mass is 14.7. The third-order valence-corrected chi connectivity index (χ3v) is 3.71. The molecule has 20 heavy (non-hydrogen) atoms. The maximum absolute atomic E-state index is 4.62. The summed E-state index contributed by atoms with van der Waals surface area (Å²) in [4.78, 5) is 4.62. The minimum atomic E-state index is 0.507. The Balaban J connectivity index is 4.83. The van der Waals surface area contributed by atoms with E-state index in [-0.39, 0.29) is 0 Å². The summed E-state index contributed by atoms with van der Waals surface area (Å²) in [6.45, 7) is 18.6. The maximum atomic E-state index is 4.62. The first-order valence-electron chi connectivity index (χ1n) is 7.57. The van der Waals surface area contributed by atoms with Gasteiger partial charge in [-0.2, -0.15) is 0 Å². The van der Waals surface area contributed by atoms with Crippen LogP contribution >= 0.6 is 0 Å². The Morgan fingerprint density at radius 1 is 1.30 bits per heavy atom. The zero-order valence-corrected chi connectivity index (χ0v) is 13.9. The van der Waals surface area contributed by atoms with Crippen LogP contribution in [0, 0.1) is 11.8 Å². The number of aliphatic imine (C=N–C) groups is 1. The summed E-state index contributed by atoms with van der Waals surface area (Å²) in [6, 6.07) is 0. The molecule has 112 valence electrons. The number of hydrogen-bond donors (Lipinski definition) is 0. The fraction of sp³-hybridized carbons (Fsp3) is 0.526. The summed E-state index contributed by atoms with van der Waals surface area (Å²) in [5, 5.41) is 0. The van der Waals surface area contributed by atoms with Gasteiger partial charge in [0.05, 0.1) is 0 Å². The van der Waals surface area contributed by atoms with Crippen molar-refractivity contribution in [1.82, 2.24) is 0 Å². The second-order valence-electron chi connectivity index (χ2n) is 5.60. The molecule has 1 heteroatoms. The summed E-state index contributed by atoms with van der Waals surface area (Å²) >= 11 is 0. The van der Waals surface area contributed by atoms with Crippen LogP contribution in [-0.4, -0.2) is 6.21 Å². The fourth-order valence-corrected chi connectivity index (χ4v) is 1.98. The van der Waals surface area contributed by atoms with Crippen LogP contribution in [0.4, 0.5) is 0 Å². The van der Waals surface area contributed by atoms with Crippen LogP contribution in [0.2, 0.25) is 0 Å². The first-order chi connectivity index (χ1) is 9.44. The van der Waals surface area contributed by atoms with Gasteiger partial charge in [-0.05, 0) is 51.2 Å².